The number of hydrogen-bond donors (Lipinski definition) is 2. The van der Waals surface area contributed by atoms with Gasteiger partial charge in [-0.3, -0.25) is 0 Å². The van der Waals surface area contributed by atoms with Crippen LogP contribution in [-0.2, 0) is 0 Å². The van der Waals surface area contributed by atoms with Crippen LogP contribution in [0, 0.1) is 5.92 Å². The monoisotopic (exact) mass is 360 g/mol. The Balaban J connectivity index is 1.91. The standard InChI is InChI=1S/C25H28O2/c1-3-18(4-2)17-25(22-11-15-24(27)16-12-22)21-7-5-19(6-8-21)20-9-13-23(26)14-10-20/h5-16,18,25-27H,3-4,17H2,1-2H3. The molecule has 1 atom stereocenters. The van der Waals surface area contributed by atoms with Gasteiger partial charge in [0.2, 0.25) is 0 Å². The molecule has 0 radical (unpaired) electrons. The average molecular weight is 360 g/mol. The molecule has 0 heterocycles. The van der Waals surface area contributed by atoms with Crippen LogP contribution in [0.4, 0.5) is 0 Å². The summed E-state index contributed by atoms with van der Waals surface area (Å²) in [4.78, 5) is 0. The molecular weight excluding hydrogens is 332 g/mol. The fourth-order valence-electron chi connectivity index (χ4n) is 3.69. The second-order valence-corrected chi connectivity index (χ2v) is 7.23. The van der Waals surface area contributed by atoms with Gasteiger partial charge in [0, 0.05) is 5.92 Å². The normalized spacial score (nSPS) is 12.3. The highest BCUT2D eigenvalue weighted by Crippen LogP contribution is 2.35. The van der Waals surface area contributed by atoms with Crippen molar-refractivity contribution >= 4 is 0 Å². The van der Waals surface area contributed by atoms with E-state index in [4.69, 9.17) is 0 Å². The first-order chi connectivity index (χ1) is 13.1. The molecule has 2 N–H and O–H groups in total. The van der Waals surface area contributed by atoms with E-state index in [0.717, 1.165) is 17.5 Å². The second kappa shape index (κ2) is 8.77. The number of benzene rings is 3. The van der Waals surface area contributed by atoms with Crippen LogP contribution in [0.5, 0.6) is 11.5 Å². The van der Waals surface area contributed by atoms with Crippen molar-refractivity contribution in [1.29, 1.82) is 0 Å². The topological polar surface area (TPSA) is 40.5 Å². The largest absolute Gasteiger partial charge is 0.508 e. The molecule has 0 saturated carbocycles. The Labute approximate surface area is 162 Å². The van der Waals surface area contributed by atoms with Crippen molar-refractivity contribution in [2.24, 2.45) is 5.92 Å². The van der Waals surface area contributed by atoms with Gasteiger partial charge in [0.15, 0.2) is 0 Å². The van der Waals surface area contributed by atoms with E-state index in [1.807, 2.05) is 24.3 Å². The van der Waals surface area contributed by atoms with Crippen LogP contribution < -0.4 is 0 Å². The molecule has 0 amide bonds. The molecule has 0 aromatic heterocycles. The predicted octanol–water partition coefficient (Wildman–Crippen LogP) is 6.72. The zero-order valence-corrected chi connectivity index (χ0v) is 16.1. The van der Waals surface area contributed by atoms with Crippen LogP contribution in [-0.4, -0.2) is 10.2 Å². The molecule has 0 aliphatic heterocycles. The van der Waals surface area contributed by atoms with Gasteiger partial charge in [-0.1, -0.05) is 75.2 Å². The first-order valence-corrected chi connectivity index (χ1v) is 9.79. The lowest BCUT2D eigenvalue weighted by Crippen LogP contribution is -2.08. The van der Waals surface area contributed by atoms with Gasteiger partial charge in [-0.05, 0) is 58.9 Å². The summed E-state index contributed by atoms with van der Waals surface area (Å²) in [5, 5.41) is 19.1. The van der Waals surface area contributed by atoms with E-state index in [-0.39, 0.29) is 5.75 Å². The molecule has 3 aromatic rings. The summed E-state index contributed by atoms with van der Waals surface area (Å²) in [5.74, 6) is 1.60. The van der Waals surface area contributed by atoms with E-state index in [2.05, 4.69) is 38.1 Å². The third kappa shape index (κ3) is 4.71. The summed E-state index contributed by atoms with van der Waals surface area (Å²) in [6.45, 7) is 4.52. The van der Waals surface area contributed by atoms with Gasteiger partial charge >= 0.3 is 0 Å². The number of hydrogen-bond acceptors (Lipinski definition) is 2. The molecule has 0 bridgehead atoms. The fourth-order valence-corrected chi connectivity index (χ4v) is 3.69. The van der Waals surface area contributed by atoms with E-state index in [0.29, 0.717) is 17.6 Å². The number of phenolic OH excluding ortho intramolecular Hbond substituents is 2. The summed E-state index contributed by atoms with van der Waals surface area (Å²) < 4.78 is 0. The first kappa shape index (κ1) is 19.0. The lowest BCUT2D eigenvalue weighted by Gasteiger charge is -2.23. The molecule has 0 saturated heterocycles. The Morgan fingerprint density at radius 2 is 0.963 bits per heavy atom. The Kier molecular flexibility index (Phi) is 6.18. The highest BCUT2D eigenvalue weighted by atomic mass is 16.3. The average Bonchev–Trinajstić information content (AvgIpc) is 2.71. The van der Waals surface area contributed by atoms with E-state index in [1.165, 1.54) is 24.0 Å². The molecule has 0 fully saturated rings. The zero-order chi connectivity index (χ0) is 19.2. The van der Waals surface area contributed by atoms with Crippen LogP contribution in [0.1, 0.15) is 50.2 Å². The van der Waals surface area contributed by atoms with Gasteiger partial charge in [-0.25, -0.2) is 0 Å². The minimum Gasteiger partial charge on any atom is -0.508 e. The summed E-state index contributed by atoms with van der Waals surface area (Å²) in [5.41, 5.74) is 4.79. The molecule has 0 aliphatic carbocycles. The predicted molar refractivity (Wildman–Crippen MR) is 112 cm³/mol. The molecule has 0 spiro atoms. The smallest absolute Gasteiger partial charge is 0.115 e. The van der Waals surface area contributed by atoms with E-state index in [1.54, 1.807) is 24.3 Å². The van der Waals surface area contributed by atoms with Crippen molar-refractivity contribution < 1.29 is 10.2 Å². The van der Waals surface area contributed by atoms with Crippen molar-refractivity contribution in [3.8, 4) is 22.6 Å². The molecule has 27 heavy (non-hydrogen) atoms. The quantitative estimate of drug-likeness (QED) is 0.491. The van der Waals surface area contributed by atoms with E-state index in [9.17, 15) is 10.2 Å². The number of phenols is 2. The van der Waals surface area contributed by atoms with Gasteiger partial charge in [0.1, 0.15) is 11.5 Å². The molecule has 2 heteroatoms. The van der Waals surface area contributed by atoms with Crippen LogP contribution in [0.15, 0.2) is 72.8 Å². The SMILES string of the molecule is CCC(CC)CC(c1ccc(O)cc1)c1ccc(-c2ccc(O)cc2)cc1. The molecule has 3 rings (SSSR count). The third-order valence-electron chi connectivity index (χ3n) is 5.53. The first-order valence-electron chi connectivity index (χ1n) is 9.79. The summed E-state index contributed by atoms with van der Waals surface area (Å²) in [6, 6.07) is 23.7. The van der Waals surface area contributed by atoms with Gasteiger partial charge in [-0.2, -0.15) is 0 Å². The Morgan fingerprint density at radius 1 is 0.593 bits per heavy atom. The minimum atomic E-state index is 0.285. The van der Waals surface area contributed by atoms with Crippen LogP contribution >= 0.6 is 0 Å². The third-order valence-corrected chi connectivity index (χ3v) is 5.53. The molecule has 1 unspecified atom stereocenters. The van der Waals surface area contributed by atoms with E-state index >= 15 is 0 Å². The zero-order valence-electron chi connectivity index (χ0n) is 16.1. The lowest BCUT2D eigenvalue weighted by atomic mass is 9.81. The van der Waals surface area contributed by atoms with Gasteiger partial charge in [0.25, 0.3) is 0 Å². The molecule has 2 nitrogen and oxygen atoms in total. The molecule has 3 aromatic carbocycles. The minimum absolute atomic E-state index is 0.285. The van der Waals surface area contributed by atoms with Gasteiger partial charge in [0.05, 0.1) is 0 Å². The van der Waals surface area contributed by atoms with Crippen molar-refractivity contribution in [3.05, 3.63) is 83.9 Å². The van der Waals surface area contributed by atoms with Gasteiger partial charge < -0.3 is 10.2 Å². The number of aromatic hydroxyl groups is 2. The van der Waals surface area contributed by atoms with Crippen molar-refractivity contribution in [3.63, 3.8) is 0 Å². The maximum absolute atomic E-state index is 9.65. The highest BCUT2D eigenvalue weighted by molar-refractivity contribution is 5.64. The van der Waals surface area contributed by atoms with Crippen molar-refractivity contribution in [1.82, 2.24) is 0 Å². The summed E-state index contributed by atoms with van der Waals surface area (Å²) in [7, 11) is 0. The molecule has 140 valence electrons. The fraction of sp³-hybridized carbons (Fsp3) is 0.280. The number of rotatable bonds is 7. The Hall–Kier alpha value is -2.74. The van der Waals surface area contributed by atoms with Crippen LogP contribution in [0.3, 0.4) is 0 Å². The van der Waals surface area contributed by atoms with Gasteiger partial charge in [-0.15, -0.1) is 0 Å². The van der Waals surface area contributed by atoms with Crippen LogP contribution in [0.2, 0.25) is 0 Å². The van der Waals surface area contributed by atoms with Crippen molar-refractivity contribution in [2.45, 2.75) is 39.0 Å². The lowest BCUT2D eigenvalue weighted by molar-refractivity contribution is 0.431. The van der Waals surface area contributed by atoms with Crippen LogP contribution in [0.25, 0.3) is 11.1 Å². The maximum atomic E-state index is 9.65. The second-order valence-electron chi connectivity index (χ2n) is 7.23. The highest BCUT2D eigenvalue weighted by Gasteiger charge is 2.18. The van der Waals surface area contributed by atoms with Crippen molar-refractivity contribution in [2.75, 3.05) is 0 Å². The Morgan fingerprint density at radius 3 is 1.41 bits per heavy atom. The maximum Gasteiger partial charge on any atom is 0.115 e. The summed E-state index contributed by atoms with van der Waals surface area (Å²) in [6.07, 6.45) is 3.46. The Bertz CT molecular complexity index is 829. The molecular formula is C25H28O2. The summed E-state index contributed by atoms with van der Waals surface area (Å²) >= 11 is 0. The van der Waals surface area contributed by atoms with E-state index < -0.39 is 0 Å². The molecule has 0 aliphatic rings.